The fourth-order valence-electron chi connectivity index (χ4n) is 2.02. The summed E-state index contributed by atoms with van der Waals surface area (Å²) in [7, 11) is 1.96. The molecule has 23 heavy (non-hydrogen) atoms. The molecule has 9 heteroatoms. The smallest absolute Gasteiger partial charge is 0.340 e. The molecule has 0 atom stereocenters. The molecule has 0 N–H and O–H groups in total. The number of aromatic nitrogens is 1. The second-order valence-electron chi connectivity index (χ2n) is 5.33. The molecule has 1 aliphatic heterocycles. The van der Waals surface area contributed by atoms with Gasteiger partial charge in [-0.15, -0.1) is 0 Å². The van der Waals surface area contributed by atoms with Gasteiger partial charge in [-0.1, -0.05) is 0 Å². The molecule has 2 heterocycles. The van der Waals surface area contributed by atoms with Gasteiger partial charge in [0.1, 0.15) is 0 Å². The molecule has 1 fully saturated rings. The van der Waals surface area contributed by atoms with Gasteiger partial charge < -0.3 is 14.5 Å². The first-order valence-corrected chi connectivity index (χ1v) is 7.02. The minimum Gasteiger partial charge on any atom is -0.471 e. The van der Waals surface area contributed by atoms with Crippen molar-refractivity contribution in [3.8, 4) is 5.88 Å². The Kier molecular flexibility index (Phi) is 5.40. The van der Waals surface area contributed by atoms with Gasteiger partial charge in [-0.3, -0.25) is 4.79 Å². The van der Waals surface area contributed by atoms with Crippen LogP contribution in [0.3, 0.4) is 0 Å². The van der Waals surface area contributed by atoms with Crippen molar-refractivity contribution in [2.45, 2.75) is 12.3 Å². The summed E-state index contributed by atoms with van der Waals surface area (Å²) in [6.45, 7) is 1.25. The summed E-state index contributed by atoms with van der Waals surface area (Å²) in [5.74, 6) is -4.69. The normalized spacial score (nSPS) is 16.7. The van der Waals surface area contributed by atoms with E-state index in [1.165, 1.54) is 18.3 Å². The van der Waals surface area contributed by atoms with E-state index in [4.69, 9.17) is 0 Å². The van der Waals surface area contributed by atoms with Crippen LogP contribution in [0.25, 0.3) is 0 Å². The Bertz CT molecular complexity index is 531. The fraction of sp³-hybridized carbons (Fsp3) is 0.571. The highest BCUT2D eigenvalue weighted by molar-refractivity contribution is 5.94. The molecule has 0 saturated carbocycles. The molecule has 1 aliphatic rings. The third kappa shape index (κ3) is 4.54. The first-order valence-electron chi connectivity index (χ1n) is 7.02. The van der Waals surface area contributed by atoms with Gasteiger partial charge in [0, 0.05) is 38.4 Å². The van der Waals surface area contributed by atoms with Gasteiger partial charge in [-0.05, 0) is 13.1 Å². The SMILES string of the molecule is CN1CCN(C(=O)c2ccc(OCC(F)(F)C(F)F)nc2)CC1. The van der Waals surface area contributed by atoms with Crippen molar-refractivity contribution in [3.05, 3.63) is 23.9 Å². The summed E-state index contributed by atoms with van der Waals surface area (Å²) in [6, 6.07) is 2.59. The minimum absolute atomic E-state index is 0.213. The van der Waals surface area contributed by atoms with E-state index >= 15 is 0 Å². The third-order valence-corrected chi connectivity index (χ3v) is 3.51. The van der Waals surface area contributed by atoms with Crippen molar-refractivity contribution in [3.63, 3.8) is 0 Å². The average molecular weight is 335 g/mol. The molecule has 0 unspecified atom stereocenters. The summed E-state index contributed by atoms with van der Waals surface area (Å²) < 4.78 is 54.1. The predicted octanol–water partition coefficient (Wildman–Crippen LogP) is 1.75. The number of alkyl halides is 4. The van der Waals surface area contributed by atoms with Crippen molar-refractivity contribution >= 4 is 5.91 Å². The molecular weight excluding hydrogens is 318 g/mol. The molecule has 0 aromatic carbocycles. The van der Waals surface area contributed by atoms with Crippen LogP contribution in [-0.4, -0.2) is 72.9 Å². The van der Waals surface area contributed by atoms with Gasteiger partial charge >= 0.3 is 12.3 Å². The van der Waals surface area contributed by atoms with Crippen LogP contribution in [-0.2, 0) is 0 Å². The van der Waals surface area contributed by atoms with Gasteiger partial charge in [0.25, 0.3) is 5.91 Å². The number of ether oxygens (including phenoxy) is 1. The van der Waals surface area contributed by atoms with E-state index in [0.717, 1.165) is 13.1 Å². The average Bonchev–Trinajstić information content (AvgIpc) is 2.53. The Morgan fingerprint density at radius 3 is 2.48 bits per heavy atom. The molecule has 0 bridgehead atoms. The third-order valence-electron chi connectivity index (χ3n) is 3.51. The summed E-state index contributed by atoms with van der Waals surface area (Å²) in [4.78, 5) is 19.7. The quantitative estimate of drug-likeness (QED) is 0.769. The lowest BCUT2D eigenvalue weighted by Gasteiger charge is -2.32. The van der Waals surface area contributed by atoms with Crippen LogP contribution in [0.2, 0.25) is 0 Å². The number of rotatable bonds is 5. The van der Waals surface area contributed by atoms with Crippen molar-refractivity contribution in [1.82, 2.24) is 14.8 Å². The van der Waals surface area contributed by atoms with Crippen LogP contribution in [0.4, 0.5) is 17.6 Å². The van der Waals surface area contributed by atoms with Crippen molar-refractivity contribution in [2.75, 3.05) is 39.8 Å². The highest BCUT2D eigenvalue weighted by Gasteiger charge is 2.41. The van der Waals surface area contributed by atoms with E-state index in [0.29, 0.717) is 18.7 Å². The lowest BCUT2D eigenvalue weighted by Crippen LogP contribution is -2.47. The second kappa shape index (κ2) is 7.12. The molecule has 0 spiro atoms. The van der Waals surface area contributed by atoms with Crippen LogP contribution in [0.5, 0.6) is 5.88 Å². The Hall–Kier alpha value is -1.90. The molecule has 1 saturated heterocycles. The molecule has 0 radical (unpaired) electrons. The maximum Gasteiger partial charge on any atom is 0.340 e. The minimum atomic E-state index is -4.24. The van der Waals surface area contributed by atoms with E-state index in [9.17, 15) is 22.4 Å². The number of carbonyl (C=O) groups is 1. The Morgan fingerprint density at radius 2 is 1.96 bits per heavy atom. The number of hydrogen-bond donors (Lipinski definition) is 0. The number of pyridine rings is 1. The predicted molar refractivity (Wildman–Crippen MR) is 74.1 cm³/mol. The molecule has 5 nitrogen and oxygen atoms in total. The van der Waals surface area contributed by atoms with E-state index in [2.05, 4.69) is 14.6 Å². The number of nitrogens with zero attached hydrogens (tertiary/aromatic N) is 3. The highest BCUT2D eigenvalue weighted by Crippen LogP contribution is 2.23. The zero-order chi connectivity index (χ0) is 17.0. The van der Waals surface area contributed by atoms with Crippen molar-refractivity contribution in [2.24, 2.45) is 0 Å². The molecule has 2 rings (SSSR count). The van der Waals surface area contributed by atoms with Crippen LogP contribution in [0, 0.1) is 0 Å². The Morgan fingerprint density at radius 1 is 1.30 bits per heavy atom. The van der Waals surface area contributed by atoms with Gasteiger partial charge in [-0.2, -0.15) is 8.78 Å². The first kappa shape index (κ1) is 17.5. The number of hydrogen-bond acceptors (Lipinski definition) is 4. The Balaban J connectivity index is 1.93. The van der Waals surface area contributed by atoms with Gasteiger partial charge in [0.2, 0.25) is 5.88 Å². The zero-order valence-corrected chi connectivity index (χ0v) is 12.5. The topological polar surface area (TPSA) is 45.7 Å². The monoisotopic (exact) mass is 335 g/mol. The lowest BCUT2D eigenvalue weighted by atomic mass is 10.2. The van der Waals surface area contributed by atoms with Crippen molar-refractivity contribution in [1.29, 1.82) is 0 Å². The maximum absolute atomic E-state index is 12.7. The molecule has 1 aromatic heterocycles. The number of likely N-dealkylation sites (N-methyl/N-ethyl adjacent to an activating group) is 1. The standard InChI is InChI=1S/C14H17F4N3O2/c1-20-4-6-21(7-5-20)12(22)10-2-3-11(19-8-10)23-9-14(17,18)13(15)16/h2-3,8,13H,4-7,9H2,1H3. The van der Waals surface area contributed by atoms with Gasteiger partial charge in [-0.25, -0.2) is 13.8 Å². The van der Waals surface area contributed by atoms with Crippen LogP contribution < -0.4 is 4.74 Å². The summed E-state index contributed by atoms with van der Waals surface area (Å²) >= 11 is 0. The van der Waals surface area contributed by atoms with E-state index < -0.39 is 19.0 Å². The second-order valence-corrected chi connectivity index (χ2v) is 5.33. The van der Waals surface area contributed by atoms with Crippen LogP contribution in [0.15, 0.2) is 18.3 Å². The molecule has 1 aromatic rings. The van der Waals surface area contributed by atoms with Gasteiger partial charge in [0.05, 0.1) is 5.56 Å². The first-order chi connectivity index (χ1) is 10.8. The Labute approximate surface area is 130 Å². The molecule has 128 valence electrons. The zero-order valence-electron chi connectivity index (χ0n) is 12.5. The van der Waals surface area contributed by atoms with Crippen LogP contribution >= 0.6 is 0 Å². The molecule has 1 amide bonds. The van der Waals surface area contributed by atoms with E-state index in [-0.39, 0.29) is 11.8 Å². The molecular formula is C14H17F4N3O2. The molecule has 0 aliphatic carbocycles. The van der Waals surface area contributed by atoms with E-state index in [1.807, 2.05) is 7.05 Å². The number of piperazine rings is 1. The van der Waals surface area contributed by atoms with Crippen LogP contribution in [0.1, 0.15) is 10.4 Å². The van der Waals surface area contributed by atoms with E-state index in [1.54, 1.807) is 4.90 Å². The fourth-order valence-corrected chi connectivity index (χ4v) is 2.02. The summed E-state index contributed by atoms with van der Waals surface area (Å²) in [6.07, 6.45) is -2.61. The summed E-state index contributed by atoms with van der Waals surface area (Å²) in [5.41, 5.74) is 0.294. The number of amides is 1. The number of carbonyl (C=O) groups excluding carboxylic acids is 1. The lowest BCUT2D eigenvalue weighted by molar-refractivity contribution is -0.148. The largest absolute Gasteiger partial charge is 0.471 e. The highest BCUT2D eigenvalue weighted by atomic mass is 19.3. The number of halogens is 4. The maximum atomic E-state index is 12.7. The van der Waals surface area contributed by atoms with Crippen molar-refractivity contribution < 1.29 is 27.1 Å². The van der Waals surface area contributed by atoms with Gasteiger partial charge in [0.15, 0.2) is 6.61 Å². The summed E-state index contributed by atoms with van der Waals surface area (Å²) in [5, 5.41) is 0.